The van der Waals surface area contributed by atoms with Crippen LogP contribution in [0.25, 0.3) is 5.69 Å². The Morgan fingerprint density at radius 2 is 1.94 bits per heavy atom. The van der Waals surface area contributed by atoms with Crippen LogP contribution in [-0.4, -0.2) is 55.0 Å². The molecule has 3 aromatic heterocycles. The number of hydrogen-bond donors (Lipinski definition) is 0. The van der Waals surface area contributed by atoms with Crippen LogP contribution in [0.4, 0.5) is 13.2 Å². The van der Waals surface area contributed by atoms with E-state index in [9.17, 15) is 18.0 Å². The Bertz CT molecular complexity index is 1120. The van der Waals surface area contributed by atoms with Gasteiger partial charge in [0, 0.05) is 24.5 Å². The molecule has 0 radical (unpaired) electrons. The van der Waals surface area contributed by atoms with E-state index in [2.05, 4.69) is 27.1 Å². The third kappa shape index (κ3) is 5.12. The maximum Gasteiger partial charge on any atom is 0.416 e. The van der Waals surface area contributed by atoms with E-state index >= 15 is 0 Å². The summed E-state index contributed by atoms with van der Waals surface area (Å²) in [7, 11) is 0. The van der Waals surface area contributed by atoms with Crippen molar-refractivity contribution in [2.75, 3.05) is 13.2 Å². The van der Waals surface area contributed by atoms with E-state index in [-0.39, 0.29) is 30.1 Å². The quantitative estimate of drug-likeness (QED) is 0.577. The number of halogens is 3. The monoisotopic (exact) mass is 460 g/mol. The van der Waals surface area contributed by atoms with Crippen molar-refractivity contribution in [1.82, 2.24) is 29.9 Å². The van der Waals surface area contributed by atoms with E-state index < -0.39 is 11.7 Å². The molecular weight excluding hydrogens is 437 g/mol. The van der Waals surface area contributed by atoms with Gasteiger partial charge in [-0.05, 0) is 43.9 Å². The van der Waals surface area contributed by atoms with Crippen LogP contribution in [0.15, 0.2) is 42.9 Å². The second-order valence-electron chi connectivity index (χ2n) is 8.11. The molecular formula is C22H23F3N6O2. The maximum atomic E-state index is 13.6. The lowest BCUT2D eigenvalue weighted by Gasteiger charge is -2.38. The number of carbonyl (C=O) groups excluding carboxylic acids is 1. The molecule has 1 aliphatic rings. The zero-order chi connectivity index (χ0) is 23.6. The van der Waals surface area contributed by atoms with Gasteiger partial charge in [-0.1, -0.05) is 6.92 Å². The standard InChI is InChI=1S/C22H23F3N6O2/c1-14-6-10-30(17(11-14)13-33-19-12-16(5-7-26-19)22(23,24)25)21(32)20-18(4-3-15(2)29-20)31-27-8-9-28-31/h3-5,7-9,12,14,17H,6,10-11,13H2,1-2H3/t14-,17+/m1/s1. The molecule has 1 saturated heterocycles. The number of amides is 1. The largest absolute Gasteiger partial charge is 0.475 e. The van der Waals surface area contributed by atoms with Crippen LogP contribution in [0.5, 0.6) is 5.88 Å². The fourth-order valence-corrected chi connectivity index (χ4v) is 3.87. The van der Waals surface area contributed by atoms with Crippen LogP contribution in [-0.2, 0) is 6.18 Å². The van der Waals surface area contributed by atoms with E-state index in [0.29, 0.717) is 30.3 Å². The molecule has 3 aromatic rings. The number of hydrogen-bond acceptors (Lipinski definition) is 6. The molecule has 0 unspecified atom stereocenters. The van der Waals surface area contributed by atoms with E-state index in [1.54, 1.807) is 24.0 Å². The summed E-state index contributed by atoms with van der Waals surface area (Å²) in [5.41, 5.74) is 0.495. The first-order valence-electron chi connectivity index (χ1n) is 10.5. The van der Waals surface area contributed by atoms with Gasteiger partial charge in [0.2, 0.25) is 5.88 Å². The second-order valence-corrected chi connectivity index (χ2v) is 8.11. The lowest BCUT2D eigenvalue weighted by atomic mass is 9.92. The number of nitrogens with zero attached hydrogens (tertiary/aromatic N) is 6. The number of aryl methyl sites for hydroxylation is 1. The Labute approximate surface area is 188 Å². The zero-order valence-electron chi connectivity index (χ0n) is 18.2. The van der Waals surface area contributed by atoms with E-state index in [0.717, 1.165) is 24.8 Å². The minimum Gasteiger partial charge on any atom is -0.475 e. The molecule has 0 aliphatic carbocycles. The number of ether oxygens (including phenoxy) is 1. The lowest BCUT2D eigenvalue weighted by Crippen LogP contribution is -2.49. The van der Waals surface area contributed by atoms with Crippen molar-refractivity contribution in [2.45, 2.75) is 38.9 Å². The summed E-state index contributed by atoms with van der Waals surface area (Å²) in [6.07, 6.45) is 1.03. The fourth-order valence-electron chi connectivity index (χ4n) is 3.87. The van der Waals surface area contributed by atoms with Crippen molar-refractivity contribution in [2.24, 2.45) is 5.92 Å². The van der Waals surface area contributed by atoms with Crippen LogP contribution in [0.1, 0.15) is 41.5 Å². The summed E-state index contributed by atoms with van der Waals surface area (Å²) < 4.78 is 44.6. The lowest BCUT2D eigenvalue weighted by molar-refractivity contribution is -0.137. The van der Waals surface area contributed by atoms with Crippen LogP contribution in [0, 0.1) is 12.8 Å². The molecule has 1 aliphatic heterocycles. The number of pyridine rings is 2. The number of aromatic nitrogens is 5. The van der Waals surface area contributed by atoms with Gasteiger partial charge in [-0.3, -0.25) is 4.79 Å². The molecule has 0 saturated carbocycles. The molecule has 33 heavy (non-hydrogen) atoms. The Balaban J connectivity index is 1.57. The minimum atomic E-state index is -4.49. The summed E-state index contributed by atoms with van der Waals surface area (Å²) in [6.45, 7) is 4.35. The van der Waals surface area contributed by atoms with E-state index in [1.807, 2.05) is 0 Å². The van der Waals surface area contributed by atoms with Crippen molar-refractivity contribution < 1.29 is 22.7 Å². The van der Waals surface area contributed by atoms with Crippen LogP contribution >= 0.6 is 0 Å². The summed E-state index contributed by atoms with van der Waals surface area (Å²) in [4.78, 5) is 24.9. The molecule has 0 bridgehead atoms. The highest BCUT2D eigenvalue weighted by molar-refractivity contribution is 5.96. The van der Waals surface area contributed by atoms with Gasteiger partial charge in [-0.25, -0.2) is 9.97 Å². The highest BCUT2D eigenvalue weighted by Crippen LogP contribution is 2.31. The van der Waals surface area contributed by atoms with Gasteiger partial charge in [0.25, 0.3) is 5.91 Å². The van der Waals surface area contributed by atoms with Gasteiger partial charge in [-0.2, -0.15) is 23.4 Å². The molecule has 11 heteroatoms. The molecule has 174 valence electrons. The van der Waals surface area contributed by atoms with Crippen molar-refractivity contribution in [3.63, 3.8) is 0 Å². The van der Waals surface area contributed by atoms with Crippen LogP contribution in [0.3, 0.4) is 0 Å². The maximum absolute atomic E-state index is 13.6. The summed E-state index contributed by atoms with van der Waals surface area (Å²) in [5.74, 6) is -0.107. The first-order valence-corrected chi connectivity index (χ1v) is 10.5. The van der Waals surface area contributed by atoms with E-state index in [1.165, 1.54) is 17.2 Å². The molecule has 4 heterocycles. The molecule has 0 spiro atoms. The highest BCUT2D eigenvalue weighted by Gasteiger charge is 2.34. The molecule has 0 aromatic carbocycles. The van der Waals surface area contributed by atoms with Gasteiger partial charge in [-0.15, -0.1) is 4.80 Å². The summed E-state index contributed by atoms with van der Waals surface area (Å²) in [6, 6.07) is 4.91. The predicted molar refractivity (Wildman–Crippen MR) is 112 cm³/mol. The normalized spacial score (nSPS) is 18.9. The van der Waals surface area contributed by atoms with Gasteiger partial charge in [0.05, 0.1) is 24.0 Å². The van der Waals surface area contributed by atoms with Crippen LogP contribution in [0.2, 0.25) is 0 Å². The van der Waals surface area contributed by atoms with Crippen molar-refractivity contribution in [1.29, 1.82) is 0 Å². The number of piperidine rings is 1. The minimum absolute atomic E-state index is 0.0194. The first-order chi connectivity index (χ1) is 15.7. The number of likely N-dealkylation sites (tertiary alicyclic amines) is 1. The Hall–Kier alpha value is -3.50. The number of carbonyl (C=O) groups is 1. The average Bonchev–Trinajstić information content (AvgIpc) is 3.31. The Kier molecular flexibility index (Phi) is 6.30. The SMILES string of the molecule is Cc1ccc(-n2nccn2)c(C(=O)N2CC[C@@H](C)C[C@H]2COc2cc(C(F)(F)F)ccn2)n1. The van der Waals surface area contributed by atoms with Gasteiger partial charge >= 0.3 is 6.18 Å². The summed E-state index contributed by atoms with van der Waals surface area (Å²) in [5, 5.41) is 8.22. The average molecular weight is 460 g/mol. The van der Waals surface area contributed by atoms with Gasteiger partial charge < -0.3 is 9.64 Å². The topological polar surface area (TPSA) is 86.0 Å². The Morgan fingerprint density at radius 1 is 1.18 bits per heavy atom. The van der Waals surface area contributed by atoms with Crippen LogP contribution < -0.4 is 4.74 Å². The molecule has 1 amide bonds. The Morgan fingerprint density at radius 3 is 2.67 bits per heavy atom. The van der Waals surface area contributed by atoms with Gasteiger partial charge in [0.15, 0.2) is 5.69 Å². The molecule has 4 rings (SSSR count). The zero-order valence-corrected chi connectivity index (χ0v) is 18.2. The molecule has 1 fully saturated rings. The predicted octanol–water partition coefficient (Wildman–Crippen LogP) is 3.70. The van der Waals surface area contributed by atoms with Gasteiger partial charge in [0.1, 0.15) is 12.3 Å². The smallest absolute Gasteiger partial charge is 0.416 e. The number of alkyl halides is 3. The fraction of sp³-hybridized carbons (Fsp3) is 0.409. The van der Waals surface area contributed by atoms with Crippen molar-refractivity contribution in [3.8, 4) is 11.6 Å². The highest BCUT2D eigenvalue weighted by atomic mass is 19.4. The third-order valence-corrected chi connectivity index (χ3v) is 5.57. The molecule has 0 N–H and O–H groups in total. The number of rotatable bonds is 5. The second kappa shape index (κ2) is 9.16. The molecule has 2 atom stereocenters. The van der Waals surface area contributed by atoms with Crippen molar-refractivity contribution in [3.05, 3.63) is 59.8 Å². The first kappa shape index (κ1) is 22.7. The summed E-state index contributed by atoms with van der Waals surface area (Å²) >= 11 is 0. The molecule has 8 nitrogen and oxygen atoms in total. The third-order valence-electron chi connectivity index (χ3n) is 5.57. The van der Waals surface area contributed by atoms with E-state index in [4.69, 9.17) is 4.74 Å². The van der Waals surface area contributed by atoms with Crippen molar-refractivity contribution >= 4 is 5.91 Å².